The number of benzene rings is 1. The Morgan fingerprint density at radius 1 is 1.29 bits per heavy atom. The molecule has 1 heterocycles. The number of ether oxygens (including phenoxy) is 1. The Kier molecular flexibility index (Phi) is 8.79. The van der Waals surface area contributed by atoms with Crippen LogP contribution in [0.25, 0.3) is 0 Å². The second kappa shape index (κ2) is 11.1. The van der Waals surface area contributed by atoms with Gasteiger partial charge in [-0.05, 0) is 44.2 Å². The van der Waals surface area contributed by atoms with Crippen molar-refractivity contribution in [1.29, 1.82) is 0 Å². The lowest BCUT2D eigenvalue weighted by Gasteiger charge is -2.27. The number of aromatic nitrogens is 2. The van der Waals surface area contributed by atoms with Crippen LogP contribution in [0.2, 0.25) is 0 Å². The number of carbonyl (C=O) groups is 1. The predicted octanol–water partition coefficient (Wildman–Crippen LogP) is 3.16. The highest BCUT2D eigenvalue weighted by molar-refractivity contribution is 9.10. The van der Waals surface area contributed by atoms with Gasteiger partial charge in [-0.3, -0.25) is 18.7 Å². The van der Waals surface area contributed by atoms with E-state index in [0.29, 0.717) is 38.2 Å². The van der Waals surface area contributed by atoms with Crippen LogP contribution in [0.5, 0.6) is 0 Å². The topological polar surface area (TPSA) is 85.9 Å². The highest BCUT2D eigenvalue weighted by atomic mass is 79.9. The van der Waals surface area contributed by atoms with Gasteiger partial charge < -0.3 is 9.64 Å². The van der Waals surface area contributed by atoms with Gasteiger partial charge >= 0.3 is 11.7 Å². The van der Waals surface area contributed by atoms with Crippen molar-refractivity contribution < 1.29 is 9.53 Å². The minimum absolute atomic E-state index is 0.224. The normalized spacial score (nSPS) is 11.8. The molecular weight excluding hydrogens is 464 g/mol. The van der Waals surface area contributed by atoms with Crippen molar-refractivity contribution in [2.45, 2.75) is 33.2 Å². The Bertz CT molecular complexity index is 1060. The smallest absolute Gasteiger partial charge is 0.332 e. The zero-order valence-corrected chi connectivity index (χ0v) is 20.0. The molecule has 9 heteroatoms. The summed E-state index contributed by atoms with van der Waals surface area (Å²) in [4.78, 5) is 43.2. The highest BCUT2D eigenvalue weighted by Crippen LogP contribution is 2.25. The van der Waals surface area contributed by atoms with E-state index in [4.69, 9.17) is 4.74 Å². The van der Waals surface area contributed by atoms with Crippen molar-refractivity contribution >= 4 is 40.1 Å². The SMILES string of the molecule is C=Nc1c(N(CCCC(C)C(=O)OCC)Cc2cccc(Br)c2)c(=O)n(C)c(=O)n1C. The molecule has 1 atom stereocenters. The van der Waals surface area contributed by atoms with Gasteiger partial charge in [-0.15, -0.1) is 0 Å². The van der Waals surface area contributed by atoms with Crippen LogP contribution in [0.4, 0.5) is 11.5 Å². The number of nitrogens with zero attached hydrogens (tertiary/aromatic N) is 4. The molecule has 0 spiro atoms. The Balaban J connectivity index is 2.41. The Hall–Kier alpha value is -2.68. The second-order valence-electron chi connectivity index (χ2n) is 7.38. The van der Waals surface area contributed by atoms with Gasteiger partial charge in [0.05, 0.1) is 12.5 Å². The van der Waals surface area contributed by atoms with E-state index < -0.39 is 11.2 Å². The number of aliphatic imine (C=N–C) groups is 1. The van der Waals surface area contributed by atoms with Crippen molar-refractivity contribution in [2.24, 2.45) is 25.0 Å². The number of anilines is 1. The zero-order valence-electron chi connectivity index (χ0n) is 18.4. The summed E-state index contributed by atoms with van der Waals surface area (Å²) in [5.74, 6) is -0.248. The lowest BCUT2D eigenvalue weighted by molar-refractivity contribution is -0.147. The molecule has 0 bridgehead atoms. The average molecular weight is 493 g/mol. The Morgan fingerprint density at radius 3 is 2.61 bits per heavy atom. The van der Waals surface area contributed by atoms with Crippen molar-refractivity contribution in [1.82, 2.24) is 9.13 Å². The number of halogens is 1. The monoisotopic (exact) mass is 492 g/mol. The summed E-state index contributed by atoms with van der Waals surface area (Å²) in [6.07, 6.45) is 1.26. The molecule has 2 aromatic rings. The number of hydrogen-bond donors (Lipinski definition) is 0. The van der Waals surface area contributed by atoms with Crippen molar-refractivity contribution in [3.05, 3.63) is 55.1 Å². The summed E-state index contributed by atoms with van der Waals surface area (Å²) < 4.78 is 8.40. The van der Waals surface area contributed by atoms with E-state index in [-0.39, 0.29) is 17.7 Å². The number of rotatable bonds is 10. The van der Waals surface area contributed by atoms with E-state index in [9.17, 15) is 14.4 Å². The van der Waals surface area contributed by atoms with E-state index in [1.165, 1.54) is 11.6 Å². The summed E-state index contributed by atoms with van der Waals surface area (Å²) in [6.45, 7) is 8.45. The first kappa shape index (κ1) is 24.6. The lowest BCUT2D eigenvalue weighted by Crippen LogP contribution is -2.41. The van der Waals surface area contributed by atoms with Crippen molar-refractivity contribution in [3.8, 4) is 0 Å². The van der Waals surface area contributed by atoms with Crippen LogP contribution in [0.1, 0.15) is 32.3 Å². The molecule has 2 rings (SSSR count). The van der Waals surface area contributed by atoms with Gasteiger partial charge in [-0.25, -0.2) is 9.79 Å². The van der Waals surface area contributed by atoms with E-state index in [2.05, 4.69) is 27.6 Å². The van der Waals surface area contributed by atoms with Crippen LogP contribution in [-0.4, -0.2) is 35.0 Å². The molecule has 1 unspecified atom stereocenters. The molecule has 168 valence electrons. The van der Waals surface area contributed by atoms with Crippen LogP contribution in [0.15, 0.2) is 43.3 Å². The molecule has 1 aromatic carbocycles. The Morgan fingerprint density at radius 2 is 2.00 bits per heavy atom. The van der Waals surface area contributed by atoms with E-state index >= 15 is 0 Å². The first-order valence-electron chi connectivity index (χ1n) is 10.1. The van der Waals surface area contributed by atoms with Gasteiger partial charge in [-0.1, -0.05) is 35.0 Å². The van der Waals surface area contributed by atoms with Crippen LogP contribution >= 0.6 is 15.9 Å². The molecule has 0 aliphatic rings. The first-order valence-corrected chi connectivity index (χ1v) is 10.9. The second-order valence-corrected chi connectivity index (χ2v) is 8.30. The molecule has 31 heavy (non-hydrogen) atoms. The zero-order chi connectivity index (χ0) is 23.1. The van der Waals surface area contributed by atoms with E-state index in [1.807, 2.05) is 36.1 Å². The average Bonchev–Trinajstić information content (AvgIpc) is 2.74. The van der Waals surface area contributed by atoms with Gasteiger partial charge in [0.15, 0.2) is 5.82 Å². The molecule has 0 fully saturated rings. The summed E-state index contributed by atoms with van der Waals surface area (Å²) in [5.41, 5.74) is 0.399. The molecule has 0 aliphatic heterocycles. The van der Waals surface area contributed by atoms with Gasteiger partial charge in [0.25, 0.3) is 5.56 Å². The van der Waals surface area contributed by atoms with Crippen molar-refractivity contribution in [2.75, 3.05) is 18.1 Å². The van der Waals surface area contributed by atoms with Crippen LogP contribution in [0, 0.1) is 5.92 Å². The molecule has 1 aromatic heterocycles. The summed E-state index contributed by atoms with van der Waals surface area (Å²) in [6, 6.07) is 7.79. The van der Waals surface area contributed by atoms with Gasteiger partial charge in [-0.2, -0.15) is 0 Å². The quantitative estimate of drug-likeness (QED) is 0.375. The van der Waals surface area contributed by atoms with E-state index in [1.54, 1.807) is 14.0 Å². The molecule has 8 nitrogen and oxygen atoms in total. The summed E-state index contributed by atoms with van der Waals surface area (Å²) in [5, 5.41) is 0. The summed E-state index contributed by atoms with van der Waals surface area (Å²) in [7, 11) is 3.01. The van der Waals surface area contributed by atoms with Crippen LogP contribution < -0.4 is 16.1 Å². The van der Waals surface area contributed by atoms with Crippen molar-refractivity contribution in [3.63, 3.8) is 0 Å². The minimum atomic E-state index is -0.463. The Labute approximate surface area is 190 Å². The number of hydrogen-bond acceptors (Lipinski definition) is 6. The fourth-order valence-corrected chi connectivity index (χ4v) is 3.84. The third-order valence-corrected chi connectivity index (χ3v) is 5.59. The number of esters is 1. The highest BCUT2D eigenvalue weighted by Gasteiger charge is 2.22. The maximum atomic E-state index is 13.0. The molecule has 0 N–H and O–H groups in total. The van der Waals surface area contributed by atoms with Crippen LogP contribution in [-0.2, 0) is 30.2 Å². The van der Waals surface area contributed by atoms with Crippen LogP contribution in [0.3, 0.4) is 0 Å². The predicted molar refractivity (Wildman–Crippen MR) is 126 cm³/mol. The van der Waals surface area contributed by atoms with Gasteiger partial charge in [0.1, 0.15) is 5.69 Å². The van der Waals surface area contributed by atoms with Gasteiger partial charge in [0.2, 0.25) is 0 Å². The molecule has 0 amide bonds. The molecule has 0 aliphatic carbocycles. The first-order chi connectivity index (χ1) is 14.7. The minimum Gasteiger partial charge on any atom is -0.466 e. The lowest BCUT2D eigenvalue weighted by atomic mass is 10.1. The van der Waals surface area contributed by atoms with E-state index in [0.717, 1.165) is 14.6 Å². The standard InChI is InChI=1S/C22H29BrN4O4/c1-6-31-21(29)15(2)9-8-12-27(14-16-10-7-11-17(23)13-16)18-19(24-3)25(4)22(30)26(5)20(18)28/h7,10-11,13,15H,3,6,8-9,12,14H2,1-2,4-5H3. The third-order valence-electron chi connectivity index (χ3n) is 5.09. The maximum Gasteiger partial charge on any atom is 0.332 e. The molecule has 0 saturated heterocycles. The number of carbonyl (C=O) groups excluding carboxylic acids is 1. The fraction of sp³-hybridized carbons (Fsp3) is 0.455. The largest absolute Gasteiger partial charge is 0.466 e. The maximum absolute atomic E-state index is 13.0. The molecular formula is C22H29BrN4O4. The van der Waals surface area contributed by atoms with Gasteiger partial charge in [0, 0.05) is 31.7 Å². The third kappa shape index (κ3) is 5.94. The molecule has 0 saturated carbocycles. The fourth-order valence-electron chi connectivity index (χ4n) is 3.39. The molecule has 0 radical (unpaired) electrons. The summed E-state index contributed by atoms with van der Waals surface area (Å²) >= 11 is 3.48.